The van der Waals surface area contributed by atoms with E-state index in [2.05, 4.69) is 19.2 Å². The molecule has 16 heavy (non-hydrogen) atoms. The maximum atomic E-state index is 6.14. The van der Waals surface area contributed by atoms with Crippen molar-refractivity contribution in [3.63, 3.8) is 0 Å². The van der Waals surface area contributed by atoms with Crippen LogP contribution in [0.4, 0.5) is 11.4 Å². The van der Waals surface area contributed by atoms with Gasteiger partial charge in [0.2, 0.25) is 0 Å². The van der Waals surface area contributed by atoms with E-state index in [1.54, 1.807) is 0 Å². The molecule has 0 saturated heterocycles. The van der Waals surface area contributed by atoms with Crippen LogP contribution in [0.15, 0.2) is 18.2 Å². The van der Waals surface area contributed by atoms with Crippen molar-refractivity contribution >= 4 is 23.0 Å². The average molecular weight is 239 g/mol. The third kappa shape index (κ3) is 2.43. The minimum absolute atomic E-state index is 0.438. The van der Waals surface area contributed by atoms with Gasteiger partial charge >= 0.3 is 0 Å². The van der Waals surface area contributed by atoms with Crippen LogP contribution in [0, 0.1) is 5.41 Å². The molecule has 0 aromatic heterocycles. The van der Waals surface area contributed by atoms with Gasteiger partial charge in [-0.1, -0.05) is 31.5 Å². The summed E-state index contributed by atoms with van der Waals surface area (Å²) in [5.41, 5.74) is 7.99. The minimum Gasteiger partial charge on any atom is -0.397 e. The second-order valence-electron chi connectivity index (χ2n) is 5.45. The minimum atomic E-state index is 0.438. The van der Waals surface area contributed by atoms with Crippen LogP contribution in [0.25, 0.3) is 0 Å². The van der Waals surface area contributed by atoms with E-state index < -0.39 is 0 Å². The summed E-state index contributed by atoms with van der Waals surface area (Å²) in [7, 11) is 0. The molecular formula is C13H19ClN2. The standard InChI is InChI=1S/C13H19ClN2/c1-13(2)7-6-9(8-13)16-12-10(14)4-3-5-11(12)15/h3-5,9,16H,6-8,15H2,1-2H3. The van der Waals surface area contributed by atoms with Crippen LogP contribution in [-0.2, 0) is 0 Å². The molecule has 3 N–H and O–H groups in total. The predicted octanol–water partition coefficient (Wildman–Crippen LogP) is 3.91. The fourth-order valence-corrected chi connectivity index (χ4v) is 2.69. The monoisotopic (exact) mass is 238 g/mol. The highest BCUT2D eigenvalue weighted by atomic mass is 35.5. The van der Waals surface area contributed by atoms with Crippen molar-refractivity contribution in [2.24, 2.45) is 5.41 Å². The first-order chi connectivity index (χ1) is 7.48. The number of benzene rings is 1. The lowest BCUT2D eigenvalue weighted by Gasteiger charge is -2.20. The molecule has 0 radical (unpaired) electrons. The van der Waals surface area contributed by atoms with Gasteiger partial charge in [0.05, 0.1) is 16.4 Å². The van der Waals surface area contributed by atoms with Crippen LogP contribution >= 0.6 is 11.6 Å². The summed E-state index contributed by atoms with van der Waals surface area (Å²) in [6.07, 6.45) is 3.63. The Hall–Kier alpha value is -0.890. The fourth-order valence-electron chi connectivity index (χ4n) is 2.46. The molecule has 1 aliphatic rings. The number of hydrogen-bond acceptors (Lipinski definition) is 2. The summed E-state index contributed by atoms with van der Waals surface area (Å²) in [6, 6.07) is 6.13. The number of hydrogen-bond donors (Lipinski definition) is 2. The first-order valence-corrected chi connectivity index (χ1v) is 6.16. The molecule has 0 spiro atoms. The Balaban J connectivity index is 2.11. The Morgan fingerprint density at radius 3 is 2.75 bits per heavy atom. The molecule has 0 aliphatic heterocycles. The van der Waals surface area contributed by atoms with Gasteiger partial charge in [0.15, 0.2) is 0 Å². The number of anilines is 2. The van der Waals surface area contributed by atoms with Crippen LogP contribution in [0.3, 0.4) is 0 Å². The van der Waals surface area contributed by atoms with E-state index in [-0.39, 0.29) is 0 Å². The van der Waals surface area contributed by atoms with Crippen molar-refractivity contribution < 1.29 is 0 Å². The Kier molecular flexibility index (Phi) is 3.02. The summed E-state index contributed by atoms with van der Waals surface area (Å²) >= 11 is 6.14. The van der Waals surface area contributed by atoms with Gasteiger partial charge in [0, 0.05) is 6.04 Å². The van der Waals surface area contributed by atoms with E-state index in [4.69, 9.17) is 17.3 Å². The summed E-state index contributed by atoms with van der Waals surface area (Å²) < 4.78 is 0. The van der Waals surface area contributed by atoms with E-state index >= 15 is 0 Å². The highest BCUT2D eigenvalue weighted by Crippen LogP contribution is 2.40. The van der Waals surface area contributed by atoms with E-state index in [9.17, 15) is 0 Å². The zero-order chi connectivity index (χ0) is 11.8. The highest BCUT2D eigenvalue weighted by molar-refractivity contribution is 6.33. The highest BCUT2D eigenvalue weighted by Gasteiger charge is 2.31. The molecular weight excluding hydrogens is 220 g/mol. The number of nitrogen functional groups attached to an aromatic ring is 1. The third-order valence-electron chi connectivity index (χ3n) is 3.36. The smallest absolute Gasteiger partial charge is 0.0765 e. The van der Waals surface area contributed by atoms with E-state index in [1.807, 2.05) is 18.2 Å². The van der Waals surface area contributed by atoms with Crippen LogP contribution in [0.1, 0.15) is 33.1 Å². The van der Waals surface area contributed by atoms with E-state index in [0.717, 1.165) is 11.4 Å². The quantitative estimate of drug-likeness (QED) is 0.767. The lowest BCUT2D eigenvalue weighted by atomic mass is 9.92. The lowest BCUT2D eigenvalue weighted by molar-refractivity contribution is 0.378. The Labute approximate surface area is 102 Å². The molecule has 1 aromatic rings. The summed E-state index contributed by atoms with van der Waals surface area (Å²) in [5, 5.41) is 4.19. The Morgan fingerprint density at radius 2 is 2.19 bits per heavy atom. The van der Waals surface area contributed by atoms with Crippen LogP contribution < -0.4 is 11.1 Å². The molecule has 0 bridgehead atoms. The number of halogens is 1. The van der Waals surface area contributed by atoms with Crippen molar-refractivity contribution in [3.8, 4) is 0 Å². The van der Waals surface area contributed by atoms with E-state index in [1.165, 1.54) is 19.3 Å². The van der Waals surface area contributed by atoms with Gasteiger partial charge in [-0.05, 0) is 36.8 Å². The van der Waals surface area contributed by atoms with Crippen LogP contribution in [0.5, 0.6) is 0 Å². The van der Waals surface area contributed by atoms with Crippen molar-refractivity contribution in [2.75, 3.05) is 11.1 Å². The number of nitrogens with two attached hydrogens (primary N) is 1. The van der Waals surface area contributed by atoms with Crippen molar-refractivity contribution in [1.82, 2.24) is 0 Å². The maximum absolute atomic E-state index is 6.14. The summed E-state index contributed by atoms with van der Waals surface area (Å²) in [4.78, 5) is 0. The molecule has 1 saturated carbocycles. The molecule has 0 heterocycles. The molecule has 2 rings (SSSR count). The van der Waals surface area contributed by atoms with Gasteiger partial charge in [-0.3, -0.25) is 0 Å². The number of para-hydroxylation sites is 1. The van der Waals surface area contributed by atoms with Gasteiger partial charge in [-0.25, -0.2) is 0 Å². The molecule has 1 atom stereocenters. The summed E-state index contributed by atoms with van der Waals surface area (Å²) in [5.74, 6) is 0. The number of nitrogens with one attached hydrogen (secondary N) is 1. The van der Waals surface area contributed by atoms with Crippen molar-refractivity contribution in [3.05, 3.63) is 23.2 Å². The van der Waals surface area contributed by atoms with Gasteiger partial charge in [-0.15, -0.1) is 0 Å². The normalized spacial score (nSPS) is 23.3. The predicted molar refractivity (Wildman–Crippen MR) is 70.9 cm³/mol. The first-order valence-electron chi connectivity index (χ1n) is 5.78. The van der Waals surface area contributed by atoms with E-state index in [0.29, 0.717) is 16.5 Å². The second-order valence-corrected chi connectivity index (χ2v) is 5.86. The van der Waals surface area contributed by atoms with Gasteiger partial charge < -0.3 is 11.1 Å². The zero-order valence-electron chi connectivity index (χ0n) is 9.89. The van der Waals surface area contributed by atoms with Gasteiger partial charge in [0.25, 0.3) is 0 Å². The fraction of sp³-hybridized carbons (Fsp3) is 0.538. The SMILES string of the molecule is CC1(C)CCC(Nc2c(N)cccc2Cl)C1. The Bertz CT molecular complexity index is 367. The zero-order valence-corrected chi connectivity index (χ0v) is 10.6. The van der Waals surface area contributed by atoms with Crippen LogP contribution in [-0.4, -0.2) is 6.04 Å². The number of rotatable bonds is 2. The molecule has 2 nitrogen and oxygen atoms in total. The molecule has 88 valence electrons. The molecule has 1 fully saturated rings. The molecule has 3 heteroatoms. The molecule has 1 aliphatic carbocycles. The Morgan fingerprint density at radius 1 is 1.44 bits per heavy atom. The van der Waals surface area contributed by atoms with Crippen LogP contribution in [0.2, 0.25) is 5.02 Å². The van der Waals surface area contributed by atoms with Gasteiger partial charge in [0.1, 0.15) is 0 Å². The van der Waals surface area contributed by atoms with Crippen molar-refractivity contribution in [2.45, 2.75) is 39.2 Å². The van der Waals surface area contributed by atoms with Crippen molar-refractivity contribution in [1.29, 1.82) is 0 Å². The first kappa shape index (κ1) is 11.6. The lowest BCUT2D eigenvalue weighted by Crippen LogP contribution is -2.18. The molecule has 1 aromatic carbocycles. The molecule has 1 unspecified atom stereocenters. The molecule has 0 amide bonds. The largest absolute Gasteiger partial charge is 0.397 e. The summed E-state index contributed by atoms with van der Waals surface area (Å²) in [6.45, 7) is 4.62. The van der Waals surface area contributed by atoms with Gasteiger partial charge in [-0.2, -0.15) is 0 Å². The average Bonchev–Trinajstić information content (AvgIpc) is 2.52. The third-order valence-corrected chi connectivity index (χ3v) is 3.68. The topological polar surface area (TPSA) is 38.0 Å². The second kappa shape index (κ2) is 4.17. The maximum Gasteiger partial charge on any atom is 0.0765 e.